The molecule has 0 aromatic heterocycles. The summed E-state index contributed by atoms with van der Waals surface area (Å²) in [4.78, 5) is 4.28. The van der Waals surface area contributed by atoms with E-state index in [-0.39, 0.29) is 0 Å². The Balaban J connectivity index is 1.57. The zero-order valence-electron chi connectivity index (χ0n) is 17.1. The molecule has 6 heteroatoms. The lowest BCUT2D eigenvalue weighted by molar-refractivity contribution is 0.0203. The minimum atomic E-state index is 0.666. The van der Waals surface area contributed by atoms with Gasteiger partial charge in [0.05, 0.1) is 7.11 Å². The molecule has 0 atom stereocenters. The normalized spacial score (nSPS) is 15.6. The summed E-state index contributed by atoms with van der Waals surface area (Å²) in [5, 5.41) is 6.70. The van der Waals surface area contributed by atoms with Gasteiger partial charge < -0.3 is 24.8 Å². The van der Waals surface area contributed by atoms with Gasteiger partial charge in [0.1, 0.15) is 5.75 Å². The van der Waals surface area contributed by atoms with E-state index in [0.29, 0.717) is 5.92 Å². The summed E-state index contributed by atoms with van der Waals surface area (Å²) in [5.74, 6) is 2.43. The lowest BCUT2D eigenvalue weighted by atomic mass is 10.0. The van der Waals surface area contributed by atoms with Crippen LogP contribution in [0.25, 0.3) is 0 Å². The number of hydrogen-bond acceptors (Lipinski definition) is 4. The third-order valence-corrected chi connectivity index (χ3v) is 4.80. The van der Waals surface area contributed by atoms with Crippen molar-refractivity contribution in [2.24, 2.45) is 10.9 Å². The largest absolute Gasteiger partial charge is 0.496 e. The molecule has 152 valence electrons. The van der Waals surface area contributed by atoms with E-state index in [1.807, 2.05) is 6.07 Å². The average Bonchev–Trinajstić information content (AvgIpc) is 2.70. The lowest BCUT2D eigenvalue weighted by Crippen LogP contribution is -2.39. The van der Waals surface area contributed by atoms with Crippen molar-refractivity contribution >= 4 is 5.96 Å². The number of aliphatic imine (C=N–C) groups is 1. The van der Waals surface area contributed by atoms with Crippen LogP contribution in [-0.4, -0.2) is 59.6 Å². The van der Waals surface area contributed by atoms with Crippen molar-refractivity contribution in [1.29, 1.82) is 0 Å². The SMILES string of the molecule is CN=C(NCCCOCC1CCOCC1)NCCc1cc(C)ccc1OC. The zero-order valence-corrected chi connectivity index (χ0v) is 17.1. The Bertz CT molecular complexity index is 572. The van der Waals surface area contributed by atoms with Crippen LogP contribution in [0, 0.1) is 12.8 Å². The number of guanidine groups is 1. The van der Waals surface area contributed by atoms with Crippen molar-refractivity contribution in [1.82, 2.24) is 10.6 Å². The maximum atomic E-state index is 5.79. The molecule has 0 aliphatic carbocycles. The van der Waals surface area contributed by atoms with Gasteiger partial charge in [-0.2, -0.15) is 0 Å². The molecule has 0 saturated carbocycles. The monoisotopic (exact) mass is 377 g/mol. The van der Waals surface area contributed by atoms with E-state index >= 15 is 0 Å². The summed E-state index contributed by atoms with van der Waals surface area (Å²) in [7, 11) is 3.51. The van der Waals surface area contributed by atoms with Crippen molar-refractivity contribution in [3.8, 4) is 5.75 Å². The van der Waals surface area contributed by atoms with Crippen LogP contribution in [0.5, 0.6) is 5.75 Å². The Kier molecular flexibility index (Phi) is 10.0. The van der Waals surface area contributed by atoms with Gasteiger partial charge in [-0.25, -0.2) is 0 Å². The Morgan fingerprint density at radius 2 is 2.00 bits per heavy atom. The molecule has 6 nitrogen and oxygen atoms in total. The fourth-order valence-electron chi connectivity index (χ4n) is 3.18. The van der Waals surface area contributed by atoms with Crippen LogP contribution in [0.1, 0.15) is 30.4 Å². The van der Waals surface area contributed by atoms with Crippen LogP contribution in [-0.2, 0) is 15.9 Å². The molecule has 1 aromatic carbocycles. The Morgan fingerprint density at radius 1 is 1.22 bits per heavy atom. The fraction of sp³-hybridized carbons (Fsp3) is 0.667. The van der Waals surface area contributed by atoms with Gasteiger partial charge in [-0.1, -0.05) is 17.7 Å². The molecule has 0 radical (unpaired) electrons. The first kappa shape index (κ1) is 21.5. The molecule has 0 unspecified atom stereocenters. The molecular weight excluding hydrogens is 342 g/mol. The van der Waals surface area contributed by atoms with E-state index in [0.717, 1.165) is 76.9 Å². The standard InChI is InChI=1S/C21H35N3O3/c1-17-5-6-20(25-3)19(15-17)7-11-24-21(22-2)23-10-4-12-27-16-18-8-13-26-14-9-18/h5-6,15,18H,4,7-14,16H2,1-3H3,(H2,22,23,24). The molecule has 0 amide bonds. The van der Waals surface area contributed by atoms with Crippen LogP contribution in [0.4, 0.5) is 0 Å². The predicted octanol–water partition coefficient (Wildman–Crippen LogP) is 2.54. The fourth-order valence-corrected chi connectivity index (χ4v) is 3.18. The molecule has 1 aliphatic rings. The van der Waals surface area contributed by atoms with E-state index < -0.39 is 0 Å². The van der Waals surface area contributed by atoms with E-state index in [9.17, 15) is 0 Å². The Morgan fingerprint density at radius 3 is 2.74 bits per heavy atom. The molecule has 1 fully saturated rings. The van der Waals surface area contributed by atoms with Gasteiger partial charge in [-0.05, 0) is 50.2 Å². The molecular formula is C21H35N3O3. The van der Waals surface area contributed by atoms with Crippen LogP contribution >= 0.6 is 0 Å². The van der Waals surface area contributed by atoms with E-state index in [1.165, 1.54) is 11.1 Å². The highest BCUT2D eigenvalue weighted by atomic mass is 16.5. The number of rotatable bonds is 10. The van der Waals surface area contributed by atoms with E-state index in [4.69, 9.17) is 14.2 Å². The number of methoxy groups -OCH3 is 1. The maximum absolute atomic E-state index is 5.79. The third-order valence-electron chi connectivity index (χ3n) is 4.80. The van der Waals surface area contributed by atoms with Gasteiger partial charge >= 0.3 is 0 Å². The highest BCUT2D eigenvalue weighted by molar-refractivity contribution is 5.79. The van der Waals surface area contributed by atoms with Crippen molar-refractivity contribution in [2.45, 2.75) is 32.6 Å². The predicted molar refractivity (Wildman–Crippen MR) is 110 cm³/mol. The van der Waals surface area contributed by atoms with Crippen molar-refractivity contribution in [3.63, 3.8) is 0 Å². The van der Waals surface area contributed by atoms with Crippen LogP contribution < -0.4 is 15.4 Å². The molecule has 2 N–H and O–H groups in total. The zero-order chi connectivity index (χ0) is 19.3. The van der Waals surface area contributed by atoms with Gasteiger partial charge in [-0.15, -0.1) is 0 Å². The first-order valence-electron chi connectivity index (χ1n) is 9.96. The minimum absolute atomic E-state index is 0.666. The quantitative estimate of drug-likeness (QED) is 0.373. The number of hydrogen-bond donors (Lipinski definition) is 2. The molecule has 1 saturated heterocycles. The van der Waals surface area contributed by atoms with Crippen molar-refractivity contribution < 1.29 is 14.2 Å². The van der Waals surface area contributed by atoms with Crippen molar-refractivity contribution in [2.75, 3.05) is 53.7 Å². The lowest BCUT2D eigenvalue weighted by Gasteiger charge is -2.21. The number of nitrogens with one attached hydrogen (secondary N) is 2. The summed E-state index contributed by atoms with van der Waals surface area (Å²) in [6, 6.07) is 6.27. The summed E-state index contributed by atoms with van der Waals surface area (Å²) < 4.78 is 16.6. The van der Waals surface area contributed by atoms with E-state index in [1.54, 1.807) is 14.2 Å². The molecule has 27 heavy (non-hydrogen) atoms. The van der Waals surface area contributed by atoms with E-state index in [2.05, 4.69) is 34.7 Å². The second-order valence-electron chi connectivity index (χ2n) is 6.98. The highest BCUT2D eigenvalue weighted by Gasteiger charge is 2.13. The minimum Gasteiger partial charge on any atom is -0.496 e. The summed E-state index contributed by atoms with van der Waals surface area (Å²) in [6.07, 6.45) is 4.11. The van der Waals surface area contributed by atoms with Gasteiger partial charge in [-0.3, -0.25) is 4.99 Å². The third kappa shape index (κ3) is 8.18. The molecule has 2 rings (SSSR count). The number of nitrogens with zero attached hydrogens (tertiary/aromatic N) is 1. The second-order valence-corrected chi connectivity index (χ2v) is 6.98. The number of aryl methyl sites for hydroxylation is 1. The molecule has 0 spiro atoms. The van der Waals surface area contributed by atoms with Gasteiger partial charge in [0.25, 0.3) is 0 Å². The number of ether oxygens (including phenoxy) is 3. The molecule has 0 bridgehead atoms. The van der Waals surface area contributed by atoms with Crippen LogP contribution in [0.2, 0.25) is 0 Å². The van der Waals surface area contributed by atoms with Gasteiger partial charge in [0.2, 0.25) is 0 Å². The first-order chi connectivity index (χ1) is 13.2. The summed E-state index contributed by atoms with van der Waals surface area (Å²) in [6.45, 7) is 7.15. The maximum Gasteiger partial charge on any atom is 0.190 e. The number of benzene rings is 1. The first-order valence-corrected chi connectivity index (χ1v) is 9.96. The van der Waals surface area contributed by atoms with Crippen LogP contribution in [0.3, 0.4) is 0 Å². The summed E-state index contributed by atoms with van der Waals surface area (Å²) in [5.41, 5.74) is 2.45. The van der Waals surface area contributed by atoms with Crippen LogP contribution in [0.15, 0.2) is 23.2 Å². The highest BCUT2D eigenvalue weighted by Crippen LogP contribution is 2.19. The Hall–Kier alpha value is -1.79. The smallest absolute Gasteiger partial charge is 0.190 e. The van der Waals surface area contributed by atoms with Gasteiger partial charge in [0, 0.05) is 46.6 Å². The van der Waals surface area contributed by atoms with Crippen molar-refractivity contribution in [3.05, 3.63) is 29.3 Å². The van der Waals surface area contributed by atoms with Gasteiger partial charge in [0.15, 0.2) is 5.96 Å². The Labute approximate surface area is 163 Å². The topological polar surface area (TPSA) is 64.1 Å². The second kappa shape index (κ2) is 12.6. The molecule has 1 aromatic rings. The average molecular weight is 378 g/mol. The summed E-state index contributed by atoms with van der Waals surface area (Å²) >= 11 is 0. The molecule has 1 aliphatic heterocycles. The molecule has 1 heterocycles.